The Balaban J connectivity index is 1.63. The lowest BCUT2D eigenvalue weighted by atomic mass is 10.2. The number of aryl methyl sites for hydroxylation is 1. The van der Waals surface area contributed by atoms with Crippen LogP contribution in [0.15, 0.2) is 54.7 Å². The van der Waals surface area contributed by atoms with Gasteiger partial charge in [0.15, 0.2) is 11.5 Å². The monoisotopic (exact) mass is 353 g/mol. The van der Waals surface area contributed by atoms with Gasteiger partial charge in [0.1, 0.15) is 0 Å². The van der Waals surface area contributed by atoms with Crippen molar-refractivity contribution in [1.29, 1.82) is 0 Å². The first-order valence-corrected chi connectivity index (χ1v) is 8.04. The molecule has 3 rings (SSSR count). The second-order valence-electron chi connectivity index (χ2n) is 5.39. The van der Waals surface area contributed by atoms with E-state index in [1.807, 2.05) is 43.3 Å². The predicted octanol–water partition coefficient (Wildman–Crippen LogP) is 3.51. The number of nitrogens with one attached hydrogen (secondary N) is 2. The second-order valence-corrected chi connectivity index (χ2v) is 5.83. The lowest BCUT2D eigenvalue weighted by Crippen LogP contribution is -2.24. The number of amides is 1. The molecule has 0 aliphatic carbocycles. The van der Waals surface area contributed by atoms with Crippen LogP contribution in [0.2, 0.25) is 5.02 Å². The van der Waals surface area contributed by atoms with Crippen LogP contribution in [0.4, 0.5) is 11.5 Å². The van der Waals surface area contributed by atoms with Crippen molar-refractivity contribution in [3.63, 3.8) is 0 Å². The average molecular weight is 354 g/mol. The number of benzene rings is 1. The first kappa shape index (κ1) is 16.9. The quantitative estimate of drug-likeness (QED) is 0.733. The first-order valence-electron chi connectivity index (χ1n) is 7.67. The summed E-state index contributed by atoms with van der Waals surface area (Å²) in [4.78, 5) is 16.3. The van der Waals surface area contributed by atoms with Crippen LogP contribution < -0.4 is 10.6 Å². The summed E-state index contributed by atoms with van der Waals surface area (Å²) >= 11 is 6.00. The van der Waals surface area contributed by atoms with Crippen LogP contribution in [0.5, 0.6) is 0 Å². The van der Waals surface area contributed by atoms with E-state index < -0.39 is 0 Å². The summed E-state index contributed by atoms with van der Waals surface area (Å²) in [5.41, 5.74) is 2.89. The molecule has 1 amide bonds. The van der Waals surface area contributed by atoms with Crippen LogP contribution in [-0.4, -0.2) is 21.1 Å². The number of carbonyl (C=O) groups excluding carboxylic acids is 1. The molecule has 2 heterocycles. The molecular weight excluding hydrogens is 338 g/mol. The van der Waals surface area contributed by atoms with Crippen LogP contribution in [0.3, 0.4) is 0 Å². The molecule has 7 heteroatoms. The highest BCUT2D eigenvalue weighted by Gasteiger charge is 2.09. The van der Waals surface area contributed by atoms with Gasteiger partial charge in [0, 0.05) is 16.9 Å². The molecule has 0 saturated carbocycles. The second kappa shape index (κ2) is 7.72. The molecule has 25 heavy (non-hydrogen) atoms. The van der Waals surface area contributed by atoms with Crippen LogP contribution in [0, 0.1) is 6.92 Å². The van der Waals surface area contributed by atoms with Gasteiger partial charge in [0.25, 0.3) is 5.91 Å². The highest BCUT2D eigenvalue weighted by atomic mass is 35.5. The van der Waals surface area contributed by atoms with Crippen molar-refractivity contribution in [2.45, 2.75) is 13.5 Å². The summed E-state index contributed by atoms with van der Waals surface area (Å²) in [6, 6.07) is 14.4. The Morgan fingerprint density at radius 1 is 1.12 bits per heavy atom. The maximum absolute atomic E-state index is 12.1. The fourth-order valence-electron chi connectivity index (χ4n) is 2.15. The normalized spacial score (nSPS) is 10.3. The molecule has 0 fully saturated rings. The number of hydrogen-bond acceptors (Lipinski definition) is 5. The number of rotatable bonds is 5. The maximum Gasteiger partial charge on any atom is 0.272 e. The van der Waals surface area contributed by atoms with Gasteiger partial charge in [-0.2, -0.15) is 0 Å². The van der Waals surface area contributed by atoms with Gasteiger partial charge >= 0.3 is 0 Å². The number of aromatic nitrogens is 3. The minimum absolute atomic E-state index is 0.240. The van der Waals surface area contributed by atoms with Crippen molar-refractivity contribution in [3.05, 3.63) is 76.7 Å². The molecule has 0 spiro atoms. The summed E-state index contributed by atoms with van der Waals surface area (Å²) in [6.45, 7) is 2.30. The SMILES string of the molecule is Cc1ccc(Cl)cc1Nc1ccc(C(=O)NCc2ccccn2)nn1. The van der Waals surface area contributed by atoms with E-state index in [2.05, 4.69) is 25.8 Å². The molecule has 2 aromatic heterocycles. The lowest BCUT2D eigenvalue weighted by Gasteiger charge is -2.09. The first-order chi connectivity index (χ1) is 12.1. The molecule has 0 aliphatic rings. The third-order valence-electron chi connectivity index (χ3n) is 3.52. The molecule has 6 nitrogen and oxygen atoms in total. The summed E-state index contributed by atoms with van der Waals surface area (Å²) in [5, 5.41) is 14.5. The van der Waals surface area contributed by atoms with Crippen LogP contribution in [0.25, 0.3) is 0 Å². The molecule has 3 aromatic rings. The van der Waals surface area contributed by atoms with E-state index in [9.17, 15) is 4.79 Å². The zero-order chi connectivity index (χ0) is 17.6. The zero-order valence-electron chi connectivity index (χ0n) is 13.5. The maximum atomic E-state index is 12.1. The average Bonchev–Trinajstić information content (AvgIpc) is 2.64. The van der Waals surface area contributed by atoms with E-state index in [1.54, 1.807) is 18.3 Å². The van der Waals surface area contributed by atoms with Gasteiger partial charge in [-0.3, -0.25) is 9.78 Å². The number of hydrogen-bond donors (Lipinski definition) is 2. The molecule has 126 valence electrons. The van der Waals surface area contributed by atoms with Crippen molar-refractivity contribution in [2.75, 3.05) is 5.32 Å². The fraction of sp³-hybridized carbons (Fsp3) is 0.111. The number of anilines is 2. The van der Waals surface area contributed by atoms with Crippen molar-refractivity contribution < 1.29 is 4.79 Å². The van der Waals surface area contributed by atoms with Crippen LogP contribution >= 0.6 is 11.6 Å². The van der Waals surface area contributed by atoms with Crippen molar-refractivity contribution in [1.82, 2.24) is 20.5 Å². The Labute approximate surface area is 150 Å². The van der Waals surface area contributed by atoms with Crippen molar-refractivity contribution in [3.8, 4) is 0 Å². The summed E-state index contributed by atoms with van der Waals surface area (Å²) in [7, 11) is 0. The van der Waals surface area contributed by atoms with E-state index in [-0.39, 0.29) is 11.6 Å². The van der Waals surface area contributed by atoms with E-state index in [4.69, 9.17) is 11.6 Å². The molecule has 0 aliphatic heterocycles. The Bertz CT molecular complexity index is 868. The Morgan fingerprint density at radius 3 is 2.72 bits per heavy atom. The van der Waals surface area contributed by atoms with Crippen LogP contribution in [-0.2, 0) is 6.54 Å². The number of nitrogens with zero attached hydrogens (tertiary/aromatic N) is 3. The molecule has 0 saturated heterocycles. The van der Waals surface area contributed by atoms with Gasteiger partial charge < -0.3 is 10.6 Å². The fourth-order valence-corrected chi connectivity index (χ4v) is 2.32. The number of carbonyl (C=O) groups is 1. The third kappa shape index (κ3) is 4.51. The van der Waals surface area contributed by atoms with E-state index >= 15 is 0 Å². The minimum atomic E-state index is -0.302. The highest BCUT2D eigenvalue weighted by Crippen LogP contribution is 2.22. The largest absolute Gasteiger partial charge is 0.345 e. The number of pyridine rings is 1. The Hall–Kier alpha value is -2.99. The molecule has 1 aromatic carbocycles. The van der Waals surface area contributed by atoms with Crippen LogP contribution in [0.1, 0.15) is 21.7 Å². The summed E-state index contributed by atoms with van der Waals surface area (Å²) in [5.74, 6) is 0.232. The Kier molecular flexibility index (Phi) is 5.20. The van der Waals surface area contributed by atoms with E-state index in [0.717, 1.165) is 16.9 Å². The van der Waals surface area contributed by atoms with E-state index in [0.29, 0.717) is 17.4 Å². The number of halogens is 1. The predicted molar refractivity (Wildman–Crippen MR) is 96.9 cm³/mol. The molecule has 0 bridgehead atoms. The van der Waals surface area contributed by atoms with Gasteiger partial charge in [-0.15, -0.1) is 10.2 Å². The Morgan fingerprint density at radius 2 is 2.00 bits per heavy atom. The summed E-state index contributed by atoms with van der Waals surface area (Å²) in [6.07, 6.45) is 1.68. The third-order valence-corrected chi connectivity index (χ3v) is 3.75. The minimum Gasteiger partial charge on any atom is -0.345 e. The molecule has 2 N–H and O–H groups in total. The van der Waals surface area contributed by atoms with Gasteiger partial charge in [-0.25, -0.2) is 0 Å². The van der Waals surface area contributed by atoms with Gasteiger partial charge in [0.05, 0.1) is 12.2 Å². The molecule has 0 unspecified atom stereocenters. The standard InChI is InChI=1S/C18H16ClN5O/c1-12-5-6-13(19)10-16(12)22-17-8-7-15(23-24-17)18(25)21-11-14-4-2-3-9-20-14/h2-10H,11H2,1H3,(H,21,25)(H,22,24). The molecule has 0 atom stereocenters. The summed E-state index contributed by atoms with van der Waals surface area (Å²) < 4.78 is 0. The van der Waals surface area contributed by atoms with Crippen molar-refractivity contribution in [2.24, 2.45) is 0 Å². The highest BCUT2D eigenvalue weighted by molar-refractivity contribution is 6.30. The lowest BCUT2D eigenvalue weighted by molar-refractivity contribution is 0.0944. The van der Waals surface area contributed by atoms with Crippen molar-refractivity contribution >= 4 is 29.0 Å². The van der Waals surface area contributed by atoms with E-state index in [1.165, 1.54) is 0 Å². The molecular formula is C18H16ClN5O. The topological polar surface area (TPSA) is 79.8 Å². The van der Waals surface area contributed by atoms with Gasteiger partial charge in [-0.1, -0.05) is 23.7 Å². The smallest absolute Gasteiger partial charge is 0.272 e. The zero-order valence-corrected chi connectivity index (χ0v) is 14.3. The molecule has 0 radical (unpaired) electrons. The van der Waals surface area contributed by atoms with Gasteiger partial charge in [-0.05, 0) is 48.9 Å². The van der Waals surface area contributed by atoms with Gasteiger partial charge in [0.2, 0.25) is 0 Å².